The molecule has 10 rings (SSSR count). The Morgan fingerprint density at radius 2 is 1.34 bits per heavy atom. The van der Waals surface area contributed by atoms with E-state index in [4.69, 9.17) is 24.4 Å². The number of aromatic amines is 4. The van der Waals surface area contributed by atoms with Crippen LogP contribution in [0.2, 0.25) is 0 Å². The van der Waals surface area contributed by atoms with Gasteiger partial charge < -0.3 is 29.4 Å². The van der Waals surface area contributed by atoms with Crippen LogP contribution in [0.15, 0.2) is 67.0 Å². The minimum absolute atomic E-state index is 0.480. The summed E-state index contributed by atoms with van der Waals surface area (Å²) in [6.45, 7) is 7.62. The molecule has 2 fully saturated rings. The van der Waals surface area contributed by atoms with Gasteiger partial charge >= 0.3 is 0 Å². The highest BCUT2D eigenvalue weighted by atomic mass is 16.5. The van der Waals surface area contributed by atoms with Gasteiger partial charge in [-0.3, -0.25) is 9.80 Å². The van der Waals surface area contributed by atoms with E-state index in [-0.39, 0.29) is 0 Å². The van der Waals surface area contributed by atoms with E-state index in [1.807, 2.05) is 19.3 Å². The van der Waals surface area contributed by atoms with Crippen LogP contribution in [0.5, 0.6) is 0 Å². The Balaban J connectivity index is 0.956. The van der Waals surface area contributed by atoms with Crippen molar-refractivity contribution >= 4 is 44.1 Å². The molecule has 0 radical (unpaired) electrons. The second-order valence-electron chi connectivity index (χ2n) is 15.7. The van der Waals surface area contributed by atoms with Gasteiger partial charge in [0.15, 0.2) is 11.3 Å². The lowest BCUT2D eigenvalue weighted by Crippen LogP contribution is -2.32. The molecule has 286 valence electrons. The largest absolute Gasteiger partial charge is 0.383 e. The Morgan fingerprint density at radius 1 is 0.696 bits per heavy atom. The zero-order chi connectivity index (χ0) is 37.8. The molecule has 0 aliphatic carbocycles. The summed E-state index contributed by atoms with van der Waals surface area (Å²) in [4.78, 5) is 38.8. The lowest BCUT2D eigenvalue weighted by atomic mass is 10.0. The van der Waals surface area contributed by atoms with Crippen molar-refractivity contribution in [3.63, 3.8) is 0 Å². The SMILES string of the molecule is COCC1CCCN1Cc1ccc2[nH]c(-c3c(Cc4nc5nccc(-c6cc7cc(CN8CCC[C@H]8COC)ccc7[nH]6)c5[nH]4)cnc4nc(C)[nH]c34)cc2c1. The molecule has 8 aromatic rings. The third-order valence-electron chi connectivity index (χ3n) is 11.9. The fourth-order valence-corrected chi connectivity index (χ4v) is 9.28. The summed E-state index contributed by atoms with van der Waals surface area (Å²) in [5.74, 6) is 1.65. The predicted molar refractivity (Wildman–Crippen MR) is 221 cm³/mol. The number of imidazole rings is 2. The molecule has 8 heterocycles. The number of nitrogens with zero attached hydrogens (tertiary/aromatic N) is 6. The molecule has 12 nitrogen and oxygen atoms in total. The van der Waals surface area contributed by atoms with Gasteiger partial charge in [-0.25, -0.2) is 19.9 Å². The maximum atomic E-state index is 5.51. The number of aryl methyl sites for hydroxylation is 1. The summed E-state index contributed by atoms with van der Waals surface area (Å²) < 4.78 is 11.0. The van der Waals surface area contributed by atoms with Crippen LogP contribution >= 0.6 is 0 Å². The van der Waals surface area contributed by atoms with E-state index in [2.05, 4.69) is 89.3 Å². The van der Waals surface area contributed by atoms with Gasteiger partial charge in [-0.2, -0.15) is 0 Å². The number of likely N-dealkylation sites (tertiary alicyclic amines) is 2. The van der Waals surface area contributed by atoms with Gasteiger partial charge in [-0.1, -0.05) is 12.1 Å². The van der Waals surface area contributed by atoms with Crippen LogP contribution in [-0.2, 0) is 29.0 Å². The Hall–Kier alpha value is -5.40. The number of hydrogen-bond donors (Lipinski definition) is 4. The van der Waals surface area contributed by atoms with Gasteiger partial charge in [0.05, 0.1) is 24.2 Å². The monoisotopic (exact) mass is 748 g/mol. The number of ether oxygens (including phenoxy) is 2. The van der Waals surface area contributed by atoms with Gasteiger partial charge in [0.25, 0.3) is 0 Å². The molecule has 0 bridgehead atoms. The minimum Gasteiger partial charge on any atom is -0.383 e. The zero-order valence-corrected chi connectivity index (χ0v) is 32.3. The topological polar surface area (TPSA) is 140 Å². The third-order valence-corrected chi connectivity index (χ3v) is 11.9. The number of nitrogens with one attached hydrogen (secondary N) is 4. The number of methoxy groups -OCH3 is 2. The zero-order valence-electron chi connectivity index (χ0n) is 32.3. The first-order chi connectivity index (χ1) is 27.5. The molecule has 2 atom stereocenters. The van der Waals surface area contributed by atoms with E-state index < -0.39 is 0 Å². The highest BCUT2D eigenvalue weighted by molar-refractivity contribution is 5.96. The first-order valence-electron chi connectivity index (χ1n) is 19.9. The normalized spacial score (nSPS) is 18.2. The first-order valence-corrected chi connectivity index (χ1v) is 19.9. The van der Waals surface area contributed by atoms with Crippen LogP contribution in [0.1, 0.15) is 54.0 Å². The number of hydrogen-bond acceptors (Lipinski definition) is 8. The van der Waals surface area contributed by atoms with Gasteiger partial charge in [0, 0.05) is 103 Å². The third kappa shape index (κ3) is 6.56. The van der Waals surface area contributed by atoms with Crippen molar-refractivity contribution in [3.05, 3.63) is 95.3 Å². The van der Waals surface area contributed by atoms with E-state index in [0.29, 0.717) is 29.8 Å². The summed E-state index contributed by atoms with van der Waals surface area (Å²) in [5.41, 5.74) is 13.2. The molecule has 0 saturated carbocycles. The molecule has 1 unspecified atom stereocenters. The van der Waals surface area contributed by atoms with E-state index in [0.717, 1.165) is 101 Å². The fourth-order valence-electron chi connectivity index (χ4n) is 9.28. The quantitative estimate of drug-likeness (QED) is 0.100. The van der Waals surface area contributed by atoms with Gasteiger partial charge in [-0.15, -0.1) is 0 Å². The van der Waals surface area contributed by atoms with Crippen LogP contribution in [0.4, 0.5) is 0 Å². The number of H-pyrrole nitrogens is 4. The van der Waals surface area contributed by atoms with Crippen molar-refractivity contribution in [3.8, 4) is 22.5 Å². The molecule has 0 amide bonds. The fraction of sp³-hybridized carbons (Fsp3) is 0.364. The van der Waals surface area contributed by atoms with Crippen LogP contribution < -0.4 is 0 Å². The second kappa shape index (κ2) is 14.6. The summed E-state index contributed by atoms with van der Waals surface area (Å²) in [6.07, 6.45) is 9.16. The Kier molecular flexibility index (Phi) is 9.13. The molecule has 2 aromatic carbocycles. The molecule has 2 aliphatic rings. The maximum absolute atomic E-state index is 5.51. The van der Waals surface area contributed by atoms with Crippen LogP contribution in [0, 0.1) is 6.92 Å². The Morgan fingerprint density at radius 3 is 2.02 bits per heavy atom. The molecule has 2 aliphatic heterocycles. The summed E-state index contributed by atoms with van der Waals surface area (Å²) in [5, 5.41) is 2.38. The van der Waals surface area contributed by atoms with Crippen molar-refractivity contribution in [2.75, 3.05) is 40.5 Å². The lowest BCUT2D eigenvalue weighted by Gasteiger charge is -2.23. The summed E-state index contributed by atoms with van der Waals surface area (Å²) >= 11 is 0. The van der Waals surface area contributed by atoms with Crippen molar-refractivity contribution in [1.29, 1.82) is 0 Å². The Bertz CT molecular complexity index is 2690. The van der Waals surface area contributed by atoms with Crippen LogP contribution in [-0.4, -0.2) is 102 Å². The average molecular weight is 749 g/mol. The van der Waals surface area contributed by atoms with Gasteiger partial charge in [0.1, 0.15) is 11.6 Å². The molecular weight excluding hydrogens is 701 g/mol. The maximum Gasteiger partial charge on any atom is 0.178 e. The van der Waals surface area contributed by atoms with E-state index >= 15 is 0 Å². The number of benzene rings is 2. The Labute approximate surface area is 325 Å². The van der Waals surface area contributed by atoms with E-state index in [1.54, 1.807) is 14.2 Å². The predicted octanol–water partition coefficient (Wildman–Crippen LogP) is 7.65. The molecule has 2 saturated heterocycles. The number of pyridine rings is 2. The molecule has 0 spiro atoms. The highest BCUT2D eigenvalue weighted by Crippen LogP contribution is 2.35. The van der Waals surface area contributed by atoms with E-state index in [9.17, 15) is 0 Å². The number of fused-ring (bicyclic) bond motifs is 4. The molecule has 56 heavy (non-hydrogen) atoms. The van der Waals surface area contributed by atoms with Crippen LogP contribution in [0.25, 0.3) is 66.6 Å². The average Bonchev–Trinajstić information content (AvgIpc) is 4.05. The van der Waals surface area contributed by atoms with Gasteiger partial charge in [0.2, 0.25) is 0 Å². The van der Waals surface area contributed by atoms with Crippen LogP contribution in [0.3, 0.4) is 0 Å². The van der Waals surface area contributed by atoms with Crippen molar-refractivity contribution in [1.82, 2.24) is 49.7 Å². The lowest BCUT2D eigenvalue weighted by molar-refractivity contribution is 0.112. The number of rotatable bonds is 12. The second-order valence-corrected chi connectivity index (χ2v) is 15.7. The minimum atomic E-state index is 0.480. The standard InChI is InChI=1S/C44H48N10O2/c1-26-47-42-40(38-19-30-17-28(9-11-36(30)50-38)23-54-15-5-7-33(54)25-56-3)31(21-46-44(42)48-26)20-39-51-41-34(12-13-45-43(41)52-39)37-18-29-16-27(8-10-35(29)49-37)22-53-14-4-6-32(53)24-55-2/h8-13,16-19,21,32-33,49-50H,4-7,14-15,20,22-25H2,1-3H3,(H,45,51,52)(H,46,47,48)/t32-,33?/m0/s1. The number of aromatic nitrogens is 8. The van der Waals surface area contributed by atoms with Crippen molar-refractivity contribution < 1.29 is 9.47 Å². The van der Waals surface area contributed by atoms with Crippen molar-refractivity contribution in [2.24, 2.45) is 0 Å². The molecule has 6 aromatic heterocycles. The van der Waals surface area contributed by atoms with E-state index in [1.165, 1.54) is 47.6 Å². The van der Waals surface area contributed by atoms with Gasteiger partial charge in [-0.05, 0) is 105 Å². The molecule has 12 heteroatoms. The smallest absolute Gasteiger partial charge is 0.178 e. The highest BCUT2D eigenvalue weighted by Gasteiger charge is 2.26. The van der Waals surface area contributed by atoms with Crippen molar-refractivity contribution in [2.45, 2.75) is 64.2 Å². The molecule has 4 N–H and O–H groups in total. The summed E-state index contributed by atoms with van der Waals surface area (Å²) in [6, 6.07) is 21.0. The molecular formula is C44H48N10O2. The first kappa shape index (κ1) is 35.0. The summed E-state index contributed by atoms with van der Waals surface area (Å²) in [7, 11) is 3.60.